The fourth-order valence-electron chi connectivity index (χ4n) is 3.58. The van der Waals surface area contributed by atoms with Crippen LogP contribution in [-0.4, -0.2) is 48.9 Å². The number of likely N-dealkylation sites (tertiary alicyclic amines) is 1. The molecule has 2 fully saturated rings. The van der Waals surface area contributed by atoms with Crippen molar-refractivity contribution in [2.24, 2.45) is 5.92 Å². The molecule has 0 spiro atoms. The molecule has 24 heavy (non-hydrogen) atoms. The molecule has 1 atom stereocenters. The van der Waals surface area contributed by atoms with Gasteiger partial charge in [-0.1, -0.05) is 30.3 Å². The Kier molecular flexibility index (Phi) is 5.86. The van der Waals surface area contributed by atoms with Gasteiger partial charge in [0, 0.05) is 25.4 Å². The Hall–Kier alpha value is -1.88. The van der Waals surface area contributed by atoms with E-state index < -0.39 is 6.04 Å². The predicted octanol–water partition coefficient (Wildman–Crippen LogP) is 1.34. The van der Waals surface area contributed by atoms with E-state index in [0.717, 1.165) is 57.4 Å². The Morgan fingerprint density at radius 3 is 2.46 bits per heavy atom. The number of hydrogen-bond acceptors (Lipinski definition) is 3. The highest BCUT2D eigenvalue weighted by Gasteiger charge is 2.30. The van der Waals surface area contributed by atoms with E-state index >= 15 is 0 Å². The average molecular weight is 329 g/mol. The first-order valence-corrected chi connectivity index (χ1v) is 9.08. The molecule has 0 aromatic heterocycles. The lowest BCUT2D eigenvalue weighted by molar-refractivity contribution is -0.136. The largest absolute Gasteiger partial charge is 0.344 e. The molecule has 1 unspecified atom stereocenters. The minimum Gasteiger partial charge on any atom is -0.344 e. The normalized spacial score (nSPS) is 19.9. The van der Waals surface area contributed by atoms with Crippen LogP contribution in [0.5, 0.6) is 0 Å². The fraction of sp³-hybridized carbons (Fsp3) is 0.579. The van der Waals surface area contributed by atoms with Crippen LogP contribution in [0.1, 0.15) is 31.2 Å². The molecule has 5 heteroatoms. The van der Waals surface area contributed by atoms with Crippen molar-refractivity contribution in [3.8, 4) is 0 Å². The molecule has 3 rings (SSSR count). The van der Waals surface area contributed by atoms with Gasteiger partial charge in [0.05, 0.1) is 0 Å². The molecule has 1 aromatic rings. The molecule has 2 aliphatic heterocycles. The number of benzene rings is 1. The molecule has 2 aliphatic rings. The molecule has 0 radical (unpaired) electrons. The first kappa shape index (κ1) is 17.0. The van der Waals surface area contributed by atoms with Crippen LogP contribution in [0.2, 0.25) is 0 Å². The zero-order valence-electron chi connectivity index (χ0n) is 14.2. The number of carbonyl (C=O) groups excluding carboxylic acids is 2. The van der Waals surface area contributed by atoms with E-state index in [1.807, 2.05) is 35.2 Å². The summed E-state index contributed by atoms with van der Waals surface area (Å²) in [6, 6.07) is 9.49. The van der Waals surface area contributed by atoms with Crippen molar-refractivity contribution >= 4 is 11.8 Å². The first-order chi connectivity index (χ1) is 11.7. The van der Waals surface area contributed by atoms with Crippen LogP contribution in [0.3, 0.4) is 0 Å². The van der Waals surface area contributed by atoms with Crippen molar-refractivity contribution in [2.45, 2.75) is 38.1 Å². The van der Waals surface area contributed by atoms with Crippen LogP contribution in [0, 0.1) is 5.92 Å². The summed E-state index contributed by atoms with van der Waals surface area (Å²) in [6.07, 6.45) is 4.38. The van der Waals surface area contributed by atoms with Gasteiger partial charge >= 0.3 is 0 Å². The molecule has 2 amide bonds. The van der Waals surface area contributed by atoms with Gasteiger partial charge in [-0.2, -0.15) is 0 Å². The van der Waals surface area contributed by atoms with Crippen LogP contribution >= 0.6 is 0 Å². The highest BCUT2D eigenvalue weighted by molar-refractivity contribution is 5.89. The van der Waals surface area contributed by atoms with Crippen LogP contribution in [0.15, 0.2) is 30.3 Å². The van der Waals surface area contributed by atoms with Crippen molar-refractivity contribution in [2.75, 3.05) is 26.2 Å². The Morgan fingerprint density at radius 2 is 1.79 bits per heavy atom. The second-order valence-corrected chi connectivity index (χ2v) is 6.81. The van der Waals surface area contributed by atoms with E-state index in [9.17, 15) is 9.59 Å². The predicted molar refractivity (Wildman–Crippen MR) is 93.5 cm³/mol. The monoisotopic (exact) mass is 329 g/mol. The SMILES string of the molecule is O=C(NC(Cc1ccccc1)C(=O)N1CCCC1)C1CCNCC1. The molecule has 130 valence electrons. The average Bonchev–Trinajstić information content (AvgIpc) is 3.17. The molecule has 5 nitrogen and oxygen atoms in total. The summed E-state index contributed by atoms with van der Waals surface area (Å²) in [5.74, 6) is 0.125. The van der Waals surface area contributed by atoms with Crippen LogP contribution in [0.25, 0.3) is 0 Å². The fourth-order valence-corrected chi connectivity index (χ4v) is 3.58. The maximum Gasteiger partial charge on any atom is 0.245 e. The van der Waals surface area contributed by atoms with Crippen molar-refractivity contribution in [3.05, 3.63) is 35.9 Å². The lowest BCUT2D eigenvalue weighted by atomic mass is 9.96. The second-order valence-electron chi connectivity index (χ2n) is 6.81. The standard InChI is InChI=1S/C19H27N3O2/c23-18(16-8-10-20-11-9-16)21-17(14-15-6-2-1-3-7-15)19(24)22-12-4-5-13-22/h1-3,6-7,16-17,20H,4-5,8-14H2,(H,21,23). The molecular formula is C19H27N3O2. The Balaban J connectivity index is 1.68. The van der Waals surface area contributed by atoms with Crippen molar-refractivity contribution < 1.29 is 9.59 Å². The molecular weight excluding hydrogens is 302 g/mol. The van der Waals surface area contributed by atoms with Gasteiger partial charge in [-0.15, -0.1) is 0 Å². The van der Waals surface area contributed by atoms with Gasteiger partial charge < -0.3 is 15.5 Å². The lowest BCUT2D eigenvalue weighted by Gasteiger charge is -2.27. The summed E-state index contributed by atoms with van der Waals surface area (Å²) >= 11 is 0. The summed E-state index contributed by atoms with van der Waals surface area (Å²) in [6.45, 7) is 3.38. The summed E-state index contributed by atoms with van der Waals surface area (Å²) in [5, 5.41) is 6.33. The Morgan fingerprint density at radius 1 is 1.12 bits per heavy atom. The first-order valence-electron chi connectivity index (χ1n) is 9.08. The van der Waals surface area contributed by atoms with Gasteiger partial charge in [0.25, 0.3) is 0 Å². The quantitative estimate of drug-likeness (QED) is 0.857. The second kappa shape index (κ2) is 8.29. The third-order valence-electron chi connectivity index (χ3n) is 5.02. The number of rotatable bonds is 5. The molecule has 2 saturated heterocycles. The van der Waals surface area contributed by atoms with Crippen LogP contribution < -0.4 is 10.6 Å². The highest BCUT2D eigenvalue weighted by atomic mass is 16.2. The van der Waals surface area contributed by atoms with E-state index in [1.165, 1.54) is 0 Å². The minimum absolute atomic E-state index is 0.0240. The molecule has 0 bridgehead atoms. The summed E-state index contributed by atoms with van der Waals surface area (Å²) in [5.41, 5.74) is 1.08. The van der Waals surface area contributed by atoms with Gasteiger partial charge in [-0.3, -0.25) is 9.59 Å². The molecule has 0 aliphatic carbocycles. The van der Waals surface area contributed by atoms with Gasteiger partial charge in [-0.25, -0.2) is 0 Å². The maximum atomic E-state index is 12.9. The van der Waals surface area contributed by atoms with Crippen molar-refractivity contribution in [3.63, 3.8) is 0 Å². The number of piperidine rings is 1. The third-order valence-corrected chi connectivity index (χ3v) is 5.02. The number of carbonyl (C=O) groups is 2. The molecule has 1 aromatic carbocycles. The molecule has 2 heterocycles. The van der Waals surface area contributed by atoms with E-state index in [0.29, 0.717) is 6.42 Å². The van der Waals surface area contributed by atoms with Crippen LogP contribution in [-0.2, 0) is 16.0 Å². The number of nitrogens with zero attached hydrogens (tertiary/aromatic N) is 1. The van der Waals surface area contributed by atoms with E-state index in [4.69, 9.17) is 0 Å². The van der Waals surface area contributed by atoms with Gasteiger partial charge in [0.1, 0.15) is 6.04 Å². The topological polar surface area (TPSA) is 61.4 Å². The highest BCUT2D eigenvalue weighted by Crippen LogP contribution is 2.15. The van der Waals surface area contributed by atoms with Crippen LogP contribution in [0.4, 0.5) is 0 Å². The van der Waals surface area contributed by atoms with E-state index in [1.54, 1.807) is 0 Å². The summed E-state index contributed by atoms with van der Waals surface area (Å²) in [7, 11) is 0. The molecule has 0 saturated carbocycles. The minimum atomic E-state index is -0.451. The van der Waals surface area contributed by atoms with Crippen molar-refractivity contribution in [1.82, 2.24) is 15.5 Å². The van der Waals surface area contributed by atoms with Gasteiger partial charge in [0.15, 0.2) is 0 Å². The zero-order valence-corrected chi connectivity index (χ0v) is 14.2. The van der Waals surface area contributed by atoms with E-state index in [2.05, 4.69) is 10.6 Å². The number of amides is 2. The van der Waals surface area contributed by atoms with Crippen molar-refractivity contribution in [1.29, 1.82) is 0 Å². The smallest absolute Gasteiger partial charge is 0.245 e. The van der Waals surface area contributed by atoms with Gasteiger partial charge in [0.2, 0.25) is 11.8 Å². The third kappa shape index (κ3) is 4.35. The Bertz CT molecular complexity index is 549. The number of nitrogens with one attached hydrogen (secondary N) is 2. The summed E-state index contributed by atoms with van der Waals surface area (Å²) in [4.78, 5) is 27.4. The maximum absolute atomic E-state index is 12.9. The zero-order chi connectivity index (χ0) is 16.8. The Labute approximate surface area is 143 Å². The summed E-state index contributed by atoms with van der Waals surface area (Å²) < 4.78 is 0. The number of hydrogen-bond donors (Lipinski definition) is 2. The van der Waals surface area contributed by atoms with Gasteiger partial charge in [-0.05, 0) is 44.3 Å². The lowest BCUT2D eigenvalue weighted by Crippen LogP contribution is -2.51. The van der Waals surface area contributed by atoms with E-state index in [-0.39, 0.29) is 17.7 Å². The molecule has 2 N–H and O–H groups in total.